The van der Waals surface area contributed by atoms with Crippen molar-refractivity contribution in [2.45, 2.75) is 24.3 Å². The monoisotopic (exact) mass is 349 g/mol. The predicted octanol–water partition coefficient (Wildman–Crippen LogP) is 5.05. The Balaban J connectivity index is 1.77. The Kier molecular flexibility index (Phi) is 4.86. The van der Waals surface area contributed by atoms with Gasteiger partial charge in [0.15, 0.2) is 11.0 Å². The normalized spacial score (nSPS) is 11.0. The van der Waals surface area contributed by atoms with E-state index in [4.69, 9.17) is 11.6 Å². The number of thioether (sulfide) groups is 1. The van der Waals surface area contributed by atoms with Gasteiger partial charge in [-0.05, 0) is 24.1 Å². The van der Waals surface area contributed by atoms with Crippen molar-refractivity contribution in [3.63, 3.8) is 0 Å². The van der Waals surface area contributed by atoms with Crippen LogP contribution >= 0.6 is 34.7 Å². The molecule has 0 amide bonds. The predicted molar refractivity (Wildman–Crippen MR) is 94.7 cm³/mol. The lowest BCUT2D eigenvalue weighted by Crippen LogP contribution is -1.94. The first kappa shape index (κ1) is 15.6. The van der Waals surface area contributed by atoms with Crippen LogP contribution in [0.4, 0.5) is 0 Å². The van der Waals surface area contributed by atoms with Gasteiger partial charge in [-0.3, -0.25) is 0 Å². The molecule has 3 nitrogen and oxygen atoms in total. The van der Waals surface area contributed by atoms with Crippen molar-refractivity contribution in [2.24, 2.45) is 7.05 Å². The molecule has 0 saturated carbocycles. The fourth-order valence-electron chi connectivity index (χ4n) is 2.13. The number of nitrogens with zero attached hydrogens (tertiary/aromatic N) is 3. The Bertz CT molecular complexity index is 779. The number of aromatic nitrogens is 3. The largest absolute Gasteiger partial charge is 0.305 e. The molecule has 0 unspecified atom stereocenters. The molecule has 0 radical (unpaired) electrons. The average Bonchev–Trinajstić information content (AvgIpc) is 3.13. The fraction of sp³-hybridized carbons (Fsp3) is 0.250. The number of hydrogen-bond donors (Lipinski definition) is 0. The standard InChI is InChI=1S/C16H16ClN3S2/c1-3-13-8-12(10-21-13)15-18-19-16(20(15)2)22-9-11-6-4-5-7-14(11)17/h4-8,10H,3,9H2,1-2H3. The van der Waals surface area contributed by atoms with Crippen molar-refractivity contribution in [1.29, 1.82) is 0 Å². The van der Waals surface area contributed by atoms with E-state index in [1.807, 2.05) is 35.9 Å². The highest BCUT2D eigenvalue weighted by Crippen LogP contribution is 2.29. The van der Waals surface area contributed by atoms with E-state index in [2.05, 4.69) is 28.6 Å². The second-order valence-corrected chi connectivity index (χ2v) is 7.25. The third-order valence-electron chi connectivity index (χ3n) is 3.41. The molecule has 0 atom stereocenters. The Morgan fingerprint density at radius 1 is 1.27 bits per heavy atom. The number of halogens is 1. The zero-order valence-corrected chi connectivity index (χ0v) is 14.8. The molecule has 0 N–H and O–H groups in total. The van der Waals surface area contributed by atoms with Gasteiger partial charge in [-0.1, -0.05) is 48.5 Å². The quantitative estimate of drug-likeness (QED) is 0.604. The Morgan fingerprint density at radius 2 is 2.09 bits per heavy atom. The third kappa shape index (κ3) is 3.21. The molecule has 3 rings (SSSR count). The molecule has 0 aliphatic rings. The van der Waals surface area contributed by atoms with Gasteiger partial charge in [0, 0.05) is 33.6 Å². The molecule has 0 fully saturated rings. The summed E-state index contributed by atoms with van der Waals surface area (Å²) in [6, 6.07) is 10.1. The smallest absolute Gasteiger partial charge is 0.191 e. The van der Waals surface area contributed by atoms with Crippen LogP contribution in [0.25, 0.3) is 11.4 Å². The molecule has 2 aromatic heterocycles. The number of aryl methyl sites for hydroxylation is 1. The van der Waals surface area contributed by atoms with Gasteiger partial charge in [-0.15, -0.1) is 21.5 Å². The molecule has 0 spiro atoms. The van der Waals surface area contributed by atoms with Crippen LogP contribution < -0.4 is 0 Å². The zero-order chi connectivity index (χ0) is 15.5. The Hall–Kier alpha value is -1.30. The van der Waals surface area contributed by atoms with E-state index in [-0.39, 0.29) is 0 Å². The minimum absolute atomic E-state index is 0.787. The maximum atomic E-state index is 6.20. The van der Waals surface area contributed by atoms with Gasteiger partial charge in [-0.2, -0.15) is 0 Å². The summed E-state index contributed by atoms with van der Waals surface area (Å²) in [7, 11) is 2.01. The topological polar surface area (TPSA) is 30.7 Å². The lowest BCUT2D eigenvalue weighted by atomic mass is 10.2. The molecule has 3 aromatic rings. The van der Waals surface area contributed by atoms with Gasteiger partial charge >= 0.3 is 0 Å². The lowest BCUT2D eigenvalue weighted by molar-refractivity contribution is 0.794. The van der Waals surface area contributed by atoms with Gasteiger partial charge in [0.2, 0.25) is 0 Å². The van der Waals surface area contributed by atoms with Crippen molar-refractivity contribution in [3.8, 4) is 11.4 Å². The molecule has 6 heteroatoms. The molecular formula is C16H16ClN3S2. The Labute approximate surface area is 143 Å². The van der Waals surface area contributed by atoms with Crippen molar-refractivity contribution in [2.75, 3.05) is 0 Å². The first-order valence-electron chi connectivity index (χ1n) is 7.02. The summed E-state index contributed by atoms with van der Waals surface area (Å²) < 4.78 is 2.04. The van der Waals surface area contributed by atoms with Crippen LogP contribution in [0.15, 0.2) is 40.9 Å². The van der Waals surface area contributed by atoms with Crippen molar-refractivity contribution < 1.29 is 0 Å². The first-order chi connectivity index (χ1) is 10.7. The number of rotatable bonds is 5. The molecule has 22 heavy (non-hydrogen) atoms. The minimum atomic E-state index is 0.787. The fourth-order valence-corrected chi connectivity index (χ4v) is 4.14. The highest BCUT2D eigenvalue weighted by molar-refractivity contribution is 7.98. The summed E-state index contributed by atoms with van der Waals surface area (Å²) in [4.78, 5) is 1.36. The SMILES string of the molecule is CCc1cc(-c2nnc(SCc3ccccc3Cl)n2C)cs1. The molecule has 1 aromatic carbocycles. The summed E-state index contributed by atoms with van der Waals surface area (Å²) in [5.74, 6) is 1.70. The highest BCUT2D eigenvalue weighted by Gasteiger charge is 2.13. The van der Waals surface area contributed by atoms with Crippen molar-refractivity contribution in [3.05, 3.63) is 51.2 Å². The van der Waals surface area contributed by atoms with E-state index >= 15 is 0 Å². The first-order valence-corrected chi connectivity index (χ1v) is 9.26. The zero-order valence-electron chi connectivity index (χ0n) is 12.4. The number of thiophene rings is 1. The summed E-state index contributed by atoms with van der Waals surface area (Å²) >= 11 is 9.62. The van der Waals surface area contributed by atoms with E-state index in [9.17, 15) is 0 Å². The van der Waals surface area contributed by atoms with E-state index in [0.717, 1.165) is 39.3 Å². The van der Waals surface area contributed by atoms with Gasteiger partial charge in [0.1, 0.15) is 0 Å². The average molecular weight is 350 g/mol. The van der Waals surface area contributed by atoms with Crippen LogP contribution in [-0.2, 0) is 19.2 Å². The molecule has 2 heterocycles. The van der Waals surface area contributed by atoms with Crippen LogP contribution in [-0.4, -0.2) is 14.8 Å². The highest BCUT2D eigenvalue weighted by atomic mass is 35.5. The molecule has 0 bridgehead atoms. The molecule has 114 valence electrons. The van der Waals surface area contributed by atoms with Gasteiger partial charge < -0.3 is 4.57 Å². The molecule has 0 aliphatic heterocycles. The second kappa shape index (κ2) is 6.86. The number of hydrogen-bond acceptors (Lipinski definition) is 4. The Morgan fingerprint density at radius 3 is 2.82 bits per heavy atom. The van der Waals surface area contributed by atoms with E-state index in [1.165, 1.54) is 4.88 Å². The van der Waals surface area contributed by atoms with Crippen molar-refractivity contribution >= 4 is 34.7 Å². The van der Waals surface area contributed by atoms with Crippen LogP contribution in [0.1, 0.15) is 17.4 Å². The molecule has 0 saturated heterocycles. The molecule has 0 aliphatic carbocycles. The maximum absolute atomic E-state index is 6.20. The summed E-state index contributed by atoms with van der Waals surface area (Å²) in [5, 5.41) is 12.5. The van der Waals surface area contributed by atoms with Gasteiger partial charge in [-0.25, -0.2) is 0 Å². The third-order valence-corrected chi connectivity index (χ3v) is 5.93. The summed E-state index contributed by atoms with van der Waals surface area (Å²) in [5.41, 5.74) is 2.25. The van der Waals surface area contributed by atoms with Crippen LogP contribution in [0.5, 0.6) is 0 Å². The molecular weight excluding hydrogens is 334 g/mol. The lowest BCUT2D eigenvalue weighted by Gasteiger charge is -2.04. The van der Waals surface area contributed by atoms with Crippen molar-refractivity contribution in [1.82, 2.24) is 14.8 Å². The minimum Gasteiger partial charge on any atom is -0.305 e. The second-order valence-electron chi connectivity index (χ2n) is 4.90. The van der Waals surface area contributed by atoms with Crippen LogP contribution in [0.3, 0.4) is 0 Å². The summed E-state index contributed by atoms with van der Waals surface area (Å²) in [6.07, 6.45) is 1.05. The summed E-state index contributed by atoms with van der Waals surface area (Å²) in [6.45, 7) is 2.16. The van der Waals surface area contributed by atoms with Crippen LogP contribution in [0, 0.1) is 0 Å². The van der Waals surface area contributed by atoms with E-state index < -0.39 is 0 Å². The van der Waals surface area contributed by atoms with Gasteiger partial charge in [0.05, 0.1) is 0 Å². The maximum Gasteiger partial charge on any atom is 0.191 e. The van der Waals surface area contributed by atoms with Gasteiger partial charge in [0.25, 0.3) is 0 Å². The van der Waals surface area contributed by atoms with E-state index in [0.29, 0.717) is 0 Å². The van der Waals surface area contributed by atoms with Crippen LogP contribution in [0.2, 0.25) is 5.02 Å². The number of benzene rings is 1. The van der Waals surface area contributed by atoms with E-state index in [1.54, 1.807) is 23.1 Å².